The lowest BCUT2D eigenvalue weighted by molar-refractivity contribution is -0.385. The highest BCUT2D eigenvalue weighted by Crippen LogP contribution is 2.31. The summed E-state index contributed by atoms with van der Waals surface area (Å²) >= 11 is 5.91. The molecule has 3 aromatic carbocycles. The van der Waals surface area contributed by atoms with Crippen molar-refractivity contribution in [2.24, 2.45) is 4.99 Å². The van der Waals surface area contributed by atoms with E-state index in [-0.39, 0.29) is 17.3 Å². The number of carbonyl (C=O) groups is 1. The van der Waals surface area contributed by atoms with Gasteiger partial charge >= 0.3 is 5.97 Å². The summed E-state index contributed by atoms with van der Waals surface area (Å²) in [5, 5.41) is 11.9. The first-order valence-electron chi connectivity index (χ1n) is 10.2. The van der Waals surface area contributed by atoms with Crippen molar-refractivity contribution in [3.8, 4) is 11.5 Å². The van der Waals surface area contributed by atoms with Gasteiger partial charge in [-0.3, -0.25) is 10.1 Å². The summed E-state index contributed by atoms with van der Waals surface area (Å²) in [6, 6.07) is 17.0. The van der Waals surface area contributed by atoms with Gasteiger partial charge in [-0.1, -0.05) is 35.9 Å². The van der Waals surface area contributed by atoms with Crippen molar-refractivity contribution in [1.29, 1.82) is 0 Å². The van der Waals surface area contributed by atoms with Gasteiger partial charge in [0.2, 0.25) is 5.90 Å². The molecule has 0 saturated heterocycles. The first kappa shape index (κ1) is 23.0. The van der Waals surface area contributed by atoms with Gasteiger partial charge in [0.25, 0.3) is 5.69 Å². The maximum absolute atomic E-state index is 12.4. The minimum absolute atomic E-state index is 0.0207. The molecule has 0 saturated carbocycles. The summed E-state index contributed by atoms with van der Waals surface area (Å²) in [4.78, 5) is 27.4. The zero-order valence-corrected chi connectivity index (χ0v) is 19.0. The monoisotopic (exact) mass is 478 g/mol. The van der Waals surface area contributed by atoms with Gasteiger partial charge < -0.3 is 14.2 Å². The second-order valence-corrected chi connectivity index (χ2v) is 7.80. The van der Waals surface area contributed by atoms with Gasteiger partial charge in [-0.15, -0.1) is 0 Å². The van der Waals surface area contributed by atoms with E-state index in [1.165, 1.54) is 19.2 Å². The van der Waals surface area contributed by atoms with Crippen molar-refractivity contribution in [2.45, 2.75) is 13.5 Å². The summed E-state index contributed by atoms with van der Waals surface area (Å²) in [5.41, 5.74) is 2.33. The number of aliphatic imine (C=N–C) groups is 1. The Balaban J connectivity index is 1.57. The van der Waals surface area contributed by atoms with E-state index in [2.05, 4.69) is 4.99 Å². The van der Waals surface area contributed by atoms with E-state index in [9.17, 15) is 14.9 Å². The molecule has 0 spiro atoms. The van der Waals surface area contributed by atoms with E-state index in [0.29, 0.717) is 39.8 Å². The molecule has 0 aliphatic carbocycles. The first-order chi connectivity index (χ1) is 16.4. The van der Waals surface area contributed by atoms with Crippen LogP contribution in [0.3, 0.4) is 0 Å². The number of esters is 1. The molecule has 172 valence electrons. The Labute approximate surface area is 200 Å². The Bertz CT molecular complexity index is 1330. The van der Waals surface area contributed by atoms with E-state index in [4.69, 9.17) is 25.8 Å². The Hall–Kier alpha value is -4.17. The van der Waals surface area contributed by atoms with Crippen molar-refractivity contribution < 1.29 is 23.9 Å². The van der Waals surface area contributed by atoms with Crippen LogP contribution >= 0.6 is 11.6 Å². The fourth-order valence-electron chi connectivity index (χ4n) is 3.37. The molecule has 3 aromatic rings. The number of ether oxygens (including phenoxy) is 3. The molecule has 4 rings (SSSR count). The van der Waals surface area contributed by atoms with Gasteiger partial charge in [-0.05, 0) is 54.5 Å². The number of cyclic esters (lactones) is 1. The third-order valence-electron chi connectivity index (χ3n) is 5.15. The van der Waals surface area contributed by atoms with Crippen LogP contribution in [0.4, 0.5) is 5.69 Å². The van der Waals surface area contributed by atoms with Crippen LogP contribution in [0.25, 0.3) is 6.08 Å². The number of nitrogens with zero attached hydrogens (tertiary/aromatic N) is 2. The Kier molecular flexibility index (Phi) is 6.60. The molecule has 0 atom stereocenters. The minimum Gasteiger partial charge on any atom is -0.493 e. The zero-order chi connectivity index (χ0) is 24.2. The summed E-state index contributed by atoms with van der Waals surface area (Å²) in [6.45, 7) is 1.91. The number of nitro groups is 1. The molecule has 34 heavy (non-hydrogen) atoms. The number of methoxy groups -OCH3 is 1. The standard InChI is InChI=1S/C25H19ClN2O6/c1-15-19(4-3-5-21(15)28(30)31)24-27-20(25(29)34-24)12-17-8-11-22(23(13-17)32-2)33-14-16-6-9-18(26)10-7-16/h3-13H,14H2,1-2H3/b20-12-. The number of rotatable bonds is 7. The lowest BCUT2D eigenvalue weighted by Gasteiger charge is -2.11. The van der Waals surface area contributed by atoms with Crippen LogP contribution in [-0.4, -0.2) is 23.9 Å². The summed E-state index contributed by atoms with van der Waals surface area (Å²) in [6.07, 6.45) is 1.55. The van der Waals surface area contributed by atoms with Gasteiger partial charge in [-0.25, -0.2) is 9.79 Å². The molecule has 0 amide bonds. The third-order valence-corrected chi connectivity index (χ3v) is 5.40. The lowest BCUT2D eigenvalue weighted by Crippen LogP contribution is -2.08. The number of benzene rings is 3. The van der Waals surface area contributed by atoms with E-state index >= 15 is 0 Å². The zero-order valence-electron chi connectivity index (χ0n) is 18.3. The molecule has 0 bridgehead atoms. The molecule has 9 heteroatoms. The molecule has 1 aliphatic rings. The molecule has 0 aromatic heterocycles. The number of nitro benzene ring substituents is 1. The molecule has 1 aliphatic heterocycles. The van der Waals surface area contributed by atoms with Crippen LogP contribution < -0.4 is 9.47 Å². The SMILES string of the molecule is COc1cc(/C=C2\N=C(c3cccc([N+](=O)[O-])c3C)OC2=O)ccc1OCc1ccc(Cl)cc1. The smallest absolute Gasteiger partial charge is 0.363 e. The Morgan fingerprint density at radius 1 is 1.12 bits per heavy atom. The molecule has 8 nitrogen and oxygen atoms in total. The molecular weight excluding hydrogens is 460 g/mol. The van der Waals surface area contributed by atoms with Crippen LogP contribution in [0.2, 0.25) is 5.02 Å². The van der Waals surface area contributed by atoms with E-state index in [1.54, 1.807) is 49.4 Å². The van der Waals surface area contributed by atoms with E-state index in [1.807, 2.05) is 12.1 Å². The summed E-state index contributed by atoms with van der Waals surface area (Å²) < 4.78 is 16.6. The number of carbonyl (C=O) groups excluding carboxylic acids is 1. The molecule has 0 fully saturated rings. The predicted octanol–water partition coefficient (Wildman–Crippen LogP) is 5.49. The second-order valence-electron chi connectivity index (χ2n) is 7.37. The largest absolute Gasteiger partial charge is 0.493 e. The fourth-order valence-corrected chi connectivity index (χ4v) is 3.50. The van der Waals surface area contributed by atoms with Crippen LogP contribution in [-0.2, 0) is 16.1 Å². The summed E-state index contributed by atoms with van der Waals surface area (Å²) in [5.74, 6) is 0.383. The normalized spacial score (nSPS) is 14.0. The highest BCUT2D eigenvalue weighted by Gasteiger charge is 2.27. The maximum atomic E-state index is 12.4. The van der Waals surface area contributed by atoms with Crippen molar-refractivity contribution in [3.05, 3.63) is 104 Å². The minimum atomic E-state index is -0.650. The topological polar surface area (TPSA) is 100 Å². The fraction of sp³-hybridized carbons (Fsp3) is 0.120. The molecule has 1 heterocycles. The lowest BCUT2D eigenvalue weighted by atomic mass is 10.1. The van der Waals surface area contributed by atoms with Crippen LogP contribution in [0.1, 0.15) is 22.3 Å². The number of hydrogen-bond acceptors (Lipinski definition) is 7. The predicted molar refractivity (Wildman–Crippen MR) is 127 cm³/mol. The second kappa shape index (κ2) is 9.76. The average Bonchev–Trinajstić information content (AvgIpc) is 3.18. The Morgan fingerprint density at radius 3 is 2.59 bits per heavy atom. The maximum Gasteiger partial charge on any atom is 0.363 e. The molecule has 0 radical (unpaired) electrons. The van der Waals surface area contributed by atoms with Gasteiger partial charge in [-0.2, -0.15) is 0 Å². The van der Waals surface area contributed by atoms with Crippen molar-refractivity contribution >= 4 is 35.2 Å². The highest BCUT2D eigenvalue weighted by atomic mass is 35.5. The average molecular weight is 479 g/mol. The van der Waals surface area contributed by atoms with Gasteiger partial charge in [0.15, 0.2) is 17.2 Å². The van der Waals surface area contributed by atoms with Crippen molar-refractivity contribution in [2.75, 3.05) is 7.11 Å². The number of hydrogen-bond donors (Lipinski definition) is 0. The molecule has 0 unspecified atom stereocenters. The highest BCUT2D eigenvalue weighted by molar-refractivity contribution is 6.30. The quantitative estimate of drug-likeness (QED) is 0.193. The number of halogens is 1. The van der Waals surface area contributed by atoms with Crippen molar-refractivity contribution in [3.63, 3.8) is 0 Å². The first-order valence-corrected chi connectivity index (χ1v) is 10.6. The van der Waals surface area contributed by atoms with Gasteiger partial charge in [0.1, 0.15) is 6.61 Å². The van der Waals surface area contributed by atoms with Gasteiger partial charge in [0.05, 0.1) is 12.0 Å². The van der Waals surface area contributed by atoms with Crippen LogP contribution in [0.5, 0.6) is 11.5 Å². The summed E-state index contributed by atoms with van der Waals surface area (Å²) in [7, 11) is 1.52. The van der Waals surface area contributed by atoms with Crippen LogP contribution in [0, 0.1) is 17.0 Å². The Morgan fingerprint density at radius 2 is 1.88 bits per heavy atom. The molecule has 0 N–H and O–H groups in total. The van der Waals surface area contributed by atoms with Crippen molar-refractivity contribution in [1.82, 2.24) is 0 Å². The van der Waals surface area contributed by atoms with Crippen LogP contribution in [0.15, 0.2) is 71.4 Å². The van der Waals surface area contributed by atoms with E-state index < -0.39 is 10.9 Å². The van der Waals surface area contributed by atoms with Gasteiger partial charge in [0, 0.05) is 22.2 Å². The van der Waals surface area contributed by atoms with E-state index in [0.717, 1.165) is 5.56 Å². The third kappa shape index (κ3) is 4.92. The molecular formula is C25H19ClN2O6.